The molecule has 0 radical (unpaired) electrons. The zero-order valence-electron chi connectivity index (χ0n) is 5.79. The minimum absolute atomic E-state index is 0.260. The molecular weight excluding hydrogens is 182 g/mol. The molecule has 0 aliphatic rings. The number of carbonyl (C=O) groups is 1. The van der Waals surface area contributed by atoms with Crippen LogP contribution in [0.4, 0.5) is 0 Å². The Bertz CT molecular complexity index is 235. The summed E-state index contributed by atoms with van der Waals surface area (Å²) < 4.78 is 0. The second-order valence-corrected chi connectivity index (χ2v) is 3.41. The molecule has 2 nitrogen and oxygen atoms in total. The normalized spacial score (nSPS) is 12.8. The van der Waals surface area contributed by atoms with Gasteiger partial charge in [0, 0.05) is 10.8 Å². The Morgan fingerprint density at radius 2 is 2.55 bits per heavy atom. The second kappa shape index (κ2) is 3.74. The average molecular weight is 190 g/mol. The second-order valence-electron chi connectivity index (χ2n) is 2.12. The van der Waals surface area contributed by atoms with E-state index < -0.39 is 0 Å². The Kier molecular flexibility index (Phi) is 2.91. The maximum atomic E-state index is 10.8. The first-order valence-electron chi connectivity index (χ1n) is 3.14. The van der Waals surface area contributed by atoms with Crippen molar-refractivity contribution in [3.05, 3.63) is 22.4 Å². The molecule has 1 aromatic heterocycles. The van der Waals surface area contributed by atoms with Gasteiger partial charge in [0.05, 0.1) is 5.92 Å². The fraction of sp³-hybridized carbons (Fsp3) is 0.286. The van der Waals surface area contributed by atoms with Crippen LogP contribution in [0.25, 0.3) is 0 Å². The number of hydrogen-bond acceptors (Lipinski definition) is 2. The number of carbonyl (C=O) groups excluding carboxylic acids is 1. The SMILES string of the molecule is NC(=O)C(CCl)c1cccs1. The number of alkyl halides is 1. The largest absolute Gasteiger partial charge is 0.369 e. The van der Waals surface area contributed by atoms with Crippen molar-refractivity contribution in [2.75, 3.05) is 5.88 Å². The molecule has 0 bridgehead atoms. The molecule has 2 N–H and O–H groups in total. The number of amides is 1. The minimum Gasteiger partial charge on any atom is -0.369 e. The number of thiophene rings is 1. The topological polar surface area (TPSA) is 43.1 Å². The molecule has 1 unspecified atom stereocenters. The van der Waals surface area contributed by atoms with Crippen LogP contribution in [0.5, 0.6) is 0 Å². The minimum atomic E-state index is -0.359. The Morgan fingerprint density at radius 3 is 2.91 bits per heavy atom. The molecule has 0 saturated heterocycles. The summed E-state index contributed by atoms with van der Waals surface area (Å²) in [4.78, 5) is 11.7. The molecule has 0 spiro atoms. The first kappa shape index (κ1) is 8.56. The summed E-state index contributed by atoms with van der Waals surface area (Å²) in [5.74, 6) is -0.422. The van der Waals surface area contributed by atoms with E-state index in [2.05, 4.69) is 0 Å². The van der Waals surface area contributed by atoms with Crippen LogP contribution < -0.4 is 5.73 Å². The van der Waals surface area contributed by atoms with Gasteiger partial charge in [0.15, 0.2) is 0 Å². The highest BCUT2D eigenvalue weighted by molar-refractivity contribution is 7.10. The molecule has 1 heterocycles. The van der Waals surface area contributed by atoms with Crippen LogP contribution in [0.3, 0.4) is 0 Å². The van der Waals surface area contributed by atoms with Crippen LogP contribution in [0.1, 0.15) is 10.8 Å². The maximum Gasteiger partial charge on any atom is 0.227 e. The lowest BCUT2D eigenvalue weighted by Crippen LogP contribution is -2.21. The molecule has 0 saturated carbocycles. The van der Waals surface area contributed by atoms with E-state index in [4.69, 9.17) is 17.3 Å². The third-order valence-corrected chi connectivity index (χ3v) is 2.68. The first-order valence-corrected chi connectivity index (χ1v) is 4.56. The summed E-state index contributed by atoms with van der Waals surface area (Å²) in [5.41, 5.74) is 5.12. The molecule has 1 atom stereocenters. The van der Waals surface area contributed by atoms with E-state index in [0.29, 0.717) is 0 Å². The predicted molar refractivity (Wildman–Crippen MR) is 47.0 cm³/mol. The van der Waals surface area contributed by atoms with Gasteiger partial charge in [-0.15, -0.1) is 22.9 Å². The van der Waals surface area contributed by atoms with Crippen LogP contribution in [-0.2, 0) is 4.79 Å². The zero-order chi connectivity index (χ0) is 8.27. The zero-order valence-corrected chi connectivity index (χ0v) is 7.36. The third-order valence-electron chi connectivity index (χ3n) is 1.38. The summed E-state index contributed by atoms with van der Waals surface area (Å²) in [5, 5.41) is 1.90. The summed E-state index contributed by atoms with van der Waals surface area (Å²) >= 11 is 7.06. The van der Waals surface area contributed by atoms with Crippen molar-refractivity contribution < 1.29 is 4.79 Å². The highest BCUT2D eigenvalue weighted by Crippen LogP contribution is 2.21. The lowest BCUT2D eigenvalue weighted by Gasteiger charge is -2.05. The number of rotatable bonds is 3. The van der Waals surface area contributed by atoms with Gasteiger partial charge in [-0.1, -0.05) is 6.07 Å². The molecule has 4 heteroatoms. The van der Waals surface area contributed by atoms with E-state index in [1.165, 1.54) is 11.3 Å². The predicted octanol–water partition coefficient (Wildman–Crippen LogP) is 1.56. The Labute approximate surface area is 74.0 Å². The van der Waals surface area contributed by atoms with E-state index >= 15 is 0 Å². The molecule has 0 fully saturated rings. The fourth-order valence-corrected chi connectivity index (χ4v) is 2.03. The average Bonchev–Trinajstić information content (AvgIpc) is 2.40. The first-order chi connectivity index (χ1) is 5.25. The molecule has 0 aliphatic heterocycles. The molecule has 0 aliphatic carbocycles. The third kappa shape index (κ3) is 1.94. The Morgan fingerprint density at radius 1 is 1.82 bits per heavy atom. The van der Waals surface area contributed by atoms with Gasteiger partial charge in [-0.05, 0) is 11.4 Å². The lowest BCUT2D eigenvalue weighted by molar-refractivity contribution is -0.118. The van der Waals surface area contributed by atoms with Crippen molar-refractivity contribution in [1.82, 2.24) is 0 Å². The fourth-order valence-electron chi connectivity index (χ4n) is 0.782. The van der Waals surface area contributed by atoms with Gasteiger partial charge in [-0.25, -0.2) is 0 Å². The van der Waals surface area contributed by atoms with Crippen molar-refractivity contribution in [3.63, 3.8) is 0 Å². The van der Waals surface area contributed by atoms with Crippen LogP contribution in [0, 0.1) is 0 Å². The van der Waals surface area contributed by atoms with Crippen molar-refractivity contribution >= 4 is 28.8 Å². The van der Waals surface area contributed by atoms with E-state index in [0.717, 1.165) is 4.88 Å². The number of primary amides is 1. The summed E-state index contributed by atoms with van der Waals surface area (Å²) in [6.07, 6.45) is 0. The van der Waals surface area contributed by atoms with Gasteiger partial charge in [-0.2, -0.15) is 0 Å². The quantitative estimate of drug-likeness (QED) is 0.721. The summed E-state index contributed by atoms with van der Waals surface area (Å²) in [7, 11) is 0. The number of hydrogen-bond donors (Lipinski definition) is 1. The molecule has 1 aromatic rings. The molecule has 11 heavy (non-hydrogen) atoms. The Hall–Kier alpha value is -0.540. The van der Waals surface area contributed by atoms with Gasteiger partial charge in [0.2, 0.25) is 5.91 Å². The molecule has 1 amide bonds. The van der Waals surface area contributed by atoms with Gasteiger partial charge < -0.3 is 5.73 Å². The molecule has 60 valence electrons. The molecule has 0 aromatic carbocycles. The van der Waals surface area contributed by atoms with E-state index in [1.807, 2.05) is 17.5 Å². The van der Waals surface area contributed by atoms with Crippen molar-refractivity contribution in [2.24, 2.45) is 5.73 Å². The van der Waals surface area contributed by atoms with Gasteiger partial charge in [0.1, 0.15) is 0 Å². The molecular formula is C7H8ClNOS. The summed E-state index contributed by atoms with van der Waals surface area (Å²) in [6.45, 7) is 0. The van der Waals surface area contributed by atoms with Gasteiger partial charge in [-0.3, -0.25) is 4.79 Å². The van der Waals surface area contributed by atoms with Crippen LogP contribution in [-0.4, -0.2) is 11.8 Å². The number of halogens is 1. The van der Waals surface area contributed by atoms with Gasteiger partial charge >= 0.3 is 0 Å². The van der Waals surface area contributed by atoms with E-state index in [-0.39, 0.29) is 17.7 Å². The smallest absolute Gasteiger partial charge is 0.227 e. The van der Waals surface area contributed by atoms with E-state index in [9.17, 15) is 4.79 Å². The van der Waals surface area contributed by atoms with E-state index in [1.54, 1.807) is 0 Å². The van der Waals surface area contributed by atoms with Crippen LogP contribution in [0.15, 0.2) is 17.5 Å². The summed E-state index contributed by atoms with van der Waals surface area (Å²) in [6, 6.07) is 3.74. The maximum absolute atomic E-state index is 10.8. The molecule has 1 rings (SSSR count). The lowest BCUT2D eigenvalue weighted by atomic mass is 10.1. The van der Waals surface area contributed by atoms with Crippen LogP contribution >= 0.6 is 22.9 Å². The Balaban J connectivity index is 2.79. The van der Waals surface area contributed by atoms with Crippen LogP contribution in [0.2, 0.25) is 0 Å². The van der Waals surface area contributed by atoms with Crippen molar-refractivity contribution in [2.45, 2.75) is 5.92 Å². The highest BCUT2D eigenvalue weighted by Gasteiger charge is 2.16. The highest BCUT2D eigenvalue weighted by atomic mass is 35.5. The van der Waals surface area contributed by atoms with Gasteiger partial charge in [0.25, 0.3) is 0 Å². The van der Waals surface area contributed by atoms with Crippen molar-refractivity contribution in [1.29, 1.82) is 0 Å². The standard InChI is InChI=1S/C7H8ClNOS/c8-4-5(7(9)10)6-2-1-3-11-6/h1-3,5H,4H2,(H2,9,10). The van der Waals surface area contributed by atoms with Crippen molar-refractivity contribution in [3.8, 4) is 0 Å². The number of nitrogens with two attached hydrogens (primary N) is 1. The monoisotopic (exact) mass is 189 g/mol.